The van der Waals surface area contributed by atoms with Crippen LogP contribution in [0.15, 0.2) is 12.1 Å². The van der Waals surface area contributed by atoms with Crippen molar-refractivity contribution in [2.75, 3.05) is 13.7 Å². The molecule has 1 unspecified atom stereocenters. The first-order valence-electron chi connectivity index (χ1n) is 4.63. The number of hydrogen-bond donors (Lipinski definition) is 1. The smallest absolute Gasteiger partial charge is 0.127 e. The van der Waals surface area contributed by atoms with Crippen molar-refractivity contribution in [2.45, 2.75) is 19.9 Å². The first-order valence-corrected chi connectivity index (χ1v) is 4.63. The van der Waals surface area contributed by atoms with Crippen LogP contribution in [0.3, 0.4) is 0 Å². The predicted molar refractivity (Wildman–Crippen MR) is 53.2 cm³/mol. The van der Waals surface area contributed by atoms with E-state index in [4.69, 9.17) is 4.74 Å². The van der Waals surface area contributed by atoms with E-state index < -0.39 is 0 Å². The monoisotopic (exact) mass is 177 g/mol. The van der Waals surface area contributed by atoms with Crippen molar-refractivity contribution in [3.8, 4) is 5.75 Å². The minimum absolute atomic E-state index is 0.369. The third kappa shape index (κ3) is 1.31. The summed E-state index contributed by atoms with van der Waals surface area (Å²) in [6.07, 6.45) is 0. The molecule has 1 aliphatic heterocycles. The van der Waals surface area contributed by atoms with Crippen LogP contribution in [0.5, 0.6) is 5.75 Å². The number of benzene rings is 1. The van der Waals surface area contributed by atoms with Gasteiger partial charge in [0.25, 0.3) is 0 Å². The molecule has 0 aromatic heterocycles. The van der Waals surface area contributed by atoms with Crippen LogP contribution in [0, 0.1) is 13.8 Å². The molecule has 2 heteroatoms. The van der Waals surface area contributed by atoms with Gasteiger partial charge in [-0.15, -0.1) is 0 Å². The van der Waals surface area contributed by atoms with E-state index in [-0.39, 0.29) is 0 Å². The zero-order chi connectivity index (χ0) is 9.42. The van der Waals surface area contributed by atoms with Crippen LogP contribution >= 0.6 is 0 Å². The minimum atomic E-state index is 0.369. The van der Waals surface area contributed by atoms with Gasteiger partial charge in [0.2, 0.25) is 0 Å². The highest BCUT2D eigenvalue weighted by Gasteiger charge is 2.23. The molecule has 70 valence electrons. The second-order valence-electron chi connectivity index (χ2n) is 3.65. The van der Waals surface area contributed by atoms with Gasteiger partial charge in [0.05, 0.1) is 6.04 Å². The minimum Gasteiger partial charge on any atom is -0.491 e. The highest BCUT2D eigenvalue weighted by atomic mass is 16.5. The average molecular weight is 177 g/mol. The van der Waals surface area contributed by atoms with Crippen molar-refractivity contribution in [1.29, 1.82) is 0 Å². The lowest BCUT2D eigenvalue weighted by Crippen LogP contribution is -2.17. The van der Waals surface area contributed by atoms with E-state index in [1.54, 1.807) is 0 Å². The quantitative estimate of drug-likeness (QED) is 0.708. The maximum atomic E-state index is 5.63. The Labute approximate surface area is 78.9 Å². The molecule has 0 saturated carbocycles. The third-order valence-electron chi connectivity index (χ3n) is 2.57. The van der Waals surface area contributed by atoms with E-state index in [1.807, 2.05) is 7.05 Å². The summed E-state index contributed by atoms with van der Waals surface area (Å²) in [5.74, 6) is 1.07. The maximum absolute atomic E-state index is 5.63. The molecule has 1 aromatic rings. The lowest BCUT2D eigenvalue weighted by atomic mass is 10.0. The van der Waals surface area contributed by atoms with Crippen molar-refractivity contribution in [1.82, 2.24) is 5.32 Å². The Bertz CT molecular complexity index is 333. The SMILES string of the molecule is CNC1COc2c(C)cc(C)cc21. The van der Waals surface area contributed by atoms with Gasteiger partial charge in [0.1, 0.15) is 12.4 Å². The van der Waals surface area contributed by atoms with E-state index in [0.717, 1.165) is 12.4 Å². The van der Waals surface area contributed by atoms with Crippen molar-refractivity contribution >= 4 is 0 Å². The predicted octanol–water partition coefficient (Wildman–Crippen LogP) is 1.96. The van der Waals surface area contributed by atoms with Crippen molar-refractivity contribution in [3.05, 3.63) is 28.8 Å². The zero-order valence-electron chi connectivity index (χ0n) is 8.35. The summed E-state index contributed by atoms with van der Waals surface area (Å²) in [5, 5.41) is 3.25. The van der Waals surface area contributed by atoms with Crippen LogP contribution in [-0.2, 0) is 0 Å². The fraction of sp³-hybridized carbons (Fsp3) is 0.455. The molecule has 0 spiro atoms. The summed E-state index contributed by atoms with van der Waals surface area (Å²) in [5.41, 5.74) is 3.86. The van der Waals surface area contributed by atoms with Gasteiger partial charge in [0, 0.05) is 5.56 Å². The molecule has 13 heavy (non-hydrogen) atoms. The van der Waals surface area contributed by atoms with Gasteiger partial charge in [0.15, 0.2) is 0 Å². The first-order chi connectivity index (χ1) is 6.22. The molecule has 1 atom stereocenters. The van der Waals surface area contributed by atoms with Gasteiger partial charge in [-0.05, 0) is 26.5 Å². The molecule has 0 aliphatic carbocycles. The summed E-state index contributed by atoms with van der Waals surface area (Å²) in [7, 11) is 1.97. The van der Waals surface area contributed by atoms with Crippen molar-refractivity contribution in [2.24, 2.45) is 0 Å². The molecule has 0 fully saturated rings. The second kappa shape index (κ2) is 3.04. The van der Waals surface area contributed by atoms with Crippen LogP contribution in [0.1, 0.15) is 22.7 Å². The molecular formula is C11H15NO. The lowest BCUT2D eigenvalue weighted by Gasteiger charge is -2.07. The van der Waals surface area contributed by atoms with E-state index in [0.29, 0.717) is 6.04 Å². The van der Waals surface area contributed by atoms with Crippen molar-refractivity contribution in [3.63, 3.8) is 0 Å². The largest absolute Gasteiger partial charge is 0.491 e. The number of nitrogens with one attached hydrogen (secondary N) is 1. The van der Waals surface area contributed by atoms with Crippen LogP contribution < -0.4 is 10.1 Å². The molecule has 1 aromatic carbocycles. The highest BCUT2D eigenvalue weighted by Crippen LogP contribution is 2.35. The Morgan fingerprint density at radius 1 is 1.38 bits per heavy atom. The number of ether oxygens (including phenoxy) is 1. The summed E-state index contributed by atoms with van der Waals surface area (Å²) in [6.45, 7) is 4.98. The number of rotatable bonds is 1. The van der Waals surface area contributed by atoms with Crippen molar-refractivity contribution < 1.29 is 4.74 Å². The number of fused-ring (bicyclic) bond motifs is 1. The van der Waals surface area contributed by atoms with Crippen LogP contribution in [0.25, 0.3) is 0 Å². The topological polar surface area (TPSA) is 21.3 Å². The number of hydrogen-bond acceptors (Lipinski definition) is 2. The Morgan fingerprint density at radius 2 is 2.15 bits per heavy atom. The van der Waals surface area contributed by atoms with Crippen LogP contribution in [0.2, 0.25) is 0 Å². The molecule has 0 bridgehead atoms. The molecule has 0 radical (unpaired) electrons. The molecule has 1 heterocycles. The van der Waals surface area contributed by atoms with Gasteiger partial charge in [-0.1, -0.05) is 17.7 Å². The Balaban J connectivity index is 2.51. The molecule has 0 amide bonds. The standard InChI is InChI=1S/C11H15NO/c1-7-4-8(2)11-9(5-7)10(12-3)6-13-11/h4-5,10,12H,6H2,1-3H3. The summed E-state index contributed by atoms with van der Waals surface area (Å²) in [6, 6.07) is 4.74. The third-order valence-corrected chi connectivity index (χ3v) is 2.57. The fourth-order valence-corrected chi connectivity index (χ4v) is 1.94. The molecule has 2 rings (SSSR count). The number of aryl methyl sites for hydroxylation is 2. The Morgan fingerprint density at radius 3 is 2.85 bits per heavy atom. The maximum Gasteiger partial charge on any atom is 0.127 e. The Hall–Kier alpha value is -1.02. The first kappa shape index (κ1) is 8.57. The molecular weight excluding hydrogens is 162 g/mol. The lowest BCUT2D eigenvalue weighted by molar-refractivity contribution is 0.316. The average Bonchev–Trinajstić information content (AvgIpc) is 2.47. The van der Waals surface area contributed by atoms with Gasteiger partial charge in [-0.25, -0.2) is 0 Å². The van der Waals surface area contributed by atoms with E-state index in [2.05, 4.69) is 31.3 Å². The van der Waals surface area contributed by atoms with E-state index in [9.17, 15) is 0 Å². The zero-order valence-corrected chi connectivity index (χ0v) is 8.35. The fourth-order valence-electron chi connectivity index (χ4n) is 1.94. The molecule has 1 aliphatic rings. The molecule has 2 nitrogen and oxygen atoms in total. The summed E-state index contributed by atoms with van der Waals surface area (Å²) in [4.78, 5) is 0. The molecule has 1 N–H and O–H groups in total. The summed E-state index contributed by atoms with van der Waals surface area (Å²) >= 11 is 0. The highest BCUT2D eigenvalue weighted by molar-refractivity contribution is 5.47. The van der Waals surface area contributed by atoms with Crippen LogP contribution in [0.4, 0.5) is 0 Å². The Kier molecular flexibility index (Phi) is 2.00. The van der Waals surface area contributed by atoms with Crippen LogP contribution in [-0.4, -0.2) is 13.7 Å². The number of likely N-dealkylation sites (N-methyl/N-ethyl adjacent to an activating group) is 1. The second-order valence-corrected chi connectivity index (χ2v) is 3.65. The van der Waals surface area contributed by atoms with E-state index in [1.165, 1.54) is 16.7 Å². The van der Waals surface area contributed by atoms with Gasteiger partial charge >= 0.3 is 0 Å². The van der Waals surface area contributed by atoms with E-state index >= 15 is 0 Å². The van der Waals surface area contributed by atoms with Gasteiger partial charge in [-0.2, -0.15) is 0 Å². The normalized spacial score (nSPS) is 19.8. The summed E-state index contributed by atoms with van der Waals surface area (Å²) < 4.78 is 5.63. The van der Waals surface area contributed by atoms with Gasteiger partial charge < -0.3 is 10.1 Å². The molecule has 0 saturated heterocycles. The van der Waals surface area contributed by atoms with Gasteiger partial charge in [-0.3, -0.25) is 0 Å².